The Morgan fingerprint density at radius 1 is 0.944 bits per heavy atom. The minimum Gasteiger partial charge on any atom is -0.493 e. The summed E-state index contributed by atoms with van der Waals surface area (Å²) in [7, 11) is 0. The second kappa shape index (κ2) is 8.89. The van der Waals surface area contributed by atoms with E-state index in [1.54, 1.807) is 36.4 Å². The smallest absolute Gasteiger partial charge is 0.238 e. The first-order valence-electron chi connectivity index (χ1n) is 12.2. The number of benzene rings is 2. The second-order valence-corrected chi connectivity index (χ2v) is 9.70. The van der Waals surface area contributed by atoms with Gasteiger partial charge in [0, 0.05) is 11.8 Å². The van der Waals surface area contributed by atoms with E-state index in [0.717, 1.165) is 0 Å². The van der Waals surface area contributed by atoms with Gasteiger partial charge in [0.25, 0.3) is 0 Å². The van der Waals surface area contributed by atoms with E-state index in [2.05, 4.69) is 0 Å². The highest BCUT2D eigenvalue weighted by atomic mass is 16.6. The molecule has 1 saturated carbocycles. The van der Waals surface area contributed by atoms with Crippen LogP contribution in [0.1, 0.15) is 30.5 Å². The zero-order valence-corrected chi connectivity index (χ0v) is 19.5. The maximum absolute atomic E-state index is 13.7. The van der Waals surface area contributed by atoms with Crippen LogP contribution in [0.5, 0.6) is 5.75 Å². The molecule has 6 atom stereocenters. The van der Waals surface area contributed by atoms with Gasteiger partial charge in [-0.1, -0.05) is 36.4 Å². The molecule has 8 heteroatoms. The van der Waals surface area contributed by atoms with Gasteiger partial charge in [-0.2, -0.15) is 0 Å². The summed E-state index contributed by atoms with van der Waals surface area (Å²) in [5, 5.41) is 21.4. The largest absolute Gasteiger partial charge is 0.493 e. The van der Waals surface area contributed by atoms with Crippen molar-refractivity contribution in [3.8, 4) is 5.75 Å². The molecule has 0 radical (unpaired) electrons. The van der Waals surface area contributed by atoms with Crippen molar-refractivity contribution in [1.82, 2.24) is 0 Å². The first-order chi connectivity index (χ1) is 17.5. The van der Waals surface area contributed by atoms with Gasteiger partial charge in [-0.3, -0.25) is 14.5 Å². The van der Waals surface area contributed by atoms with E-state index in [0.29, 0.717) is 29.4 Å². The summed E-state index contributed by atoms with van der Waals surface area (Å²) in [5.41, 5.74) is 0.525. The molecule has 2 amide bonds. The number of nitrogens with zero attached hydrogens (tertiary/aromatic N) is 1. The molecule has 2 N–H and O–H groups in total. The monoisotopic (exact) mass is 489 g/mol. The Hall–Kier alpha value is -3.46. The molecule has 6 rings (SSSR count). The highest BCUT2D eigenvalue weighted by molar-refractivity contribution is 6.22. The molecule has 1 aromatic heterocycles. The number of amides is 2. The van der Waals surface area contributed by atoms with Crippen LogP contribution in [0.15, 0.2) is 77.2 Å². The van der Waals surface area contributed by atoms with E-state index in [4.69, 9.17) is 13.9 Å². The zero-order valence-electron chi connectivity index (χ0n) is 19.5. The summed E-state index contributed by atoms with van der Waals surface area (Å²) >= 11 is 0. The van der Waals surface area contributed by atoms with Crippen LogP contribution in [0.4, 0.5) is 5.69 Å². The quantitative estimate of drug-likeness (QED) is 0.511. The number of rotatable bonds is 6. The Balaban J connectivity index is 1.35. The van der Waals surface area contributed by atoms with Gasteiger partial charge in [-0.25, -0.2) is 0 Å². The Kier molecular flexibility index (Phi) is 5.67. The Labute approximate surface area is 208 Å². The number of hydrogen-bond acceptors (Lipinski definition) is 7. The summed E-state index contributed by atoms with van der Waals surface area (Å²) in [6, 6.07) is 21.5. The number of carbonyl (C=O) groups is 2. The molecule has 3 aromatic rings. The van der Waals surface area contributed by atoms with Crippen molar-refractivity contribution in [3.05, 3.63) is 84.3 Å². The summed E-state index contributed by atoms with van der Waals surface area (Å²) in [5.74, 6) is -3.23. The van der Waals surface area contributed by atoms with E-state index in [1.165, 1.54) is 4.90 Å². The van der Waals surface area contributed by atoms with Crippen molar-refractivity contribution in [2.45, 2.75) is 31.3 Å². The molecule has 2 saturated heterocycles. The maximum atomic E-state index is 13.7. The molecule has 2 aromatic carbocycles. The SMILES string of the molecule is O=C1[C@H]2[C@H](C[C@H](COc3ccccc3)[C@@]3(O)O[C@H](c4ccc(CO)o4)C[C@@H]23)C(=O)N1c1ccccc1. The number of aliphatic hydroxyl groups excluding tert-OH is 1. The maximum Gasteiger partial charge on any atom is 0.238 e. The average Bonchev–Trinajstić information content (AvgIpc) is 3.58. The van der Waals surface area contributed by atoms with Gasteiger partial charge >= 0.3 is 0 Å². The third-order valence-corrected chi connectivity index (χ3v) is 7.73. The number of anilines is 1. The number of fused-ring (bicyclic) bond motifs is 3. The Bertz CT molecular complexity index is 1260. The lowest BCUT2D eigenvalue weighted by molar-refractivity contribution is -0.274. The van der Waals surface area contributed by atoms with Gasteiger partial charge in [-0.05, 0) is 49.2 Å². The van der Waals surface area contributed by atoms with Crippen LogP contribution in [0.2, 0.25) is 0 Å². The third kappa shape index (κ3) is 3.64. The molecule has 3 fully saturated rings. The van der Waals surface area contributed by atoms with E-state index in [9.17, 15) is 19.8 Å². The number of aliphatic hydroxyl groups is 2. The predicted molar refractivity (Wildman–Crippen MR) is 127 cm³/mol. The van der Waals surface area contributed by atoms with Gasteiger partial charge in [0.05, 0.1) is 24.1 Å². The molecule has 0 unspecified atom stereocenters. The van der Waals surface area contributed by atoms with Crippen molar-refractivity contribution >= 4 is 17.5 Å². The highest BCUT2D eigenvalue weighted by Crippen LogP contribution is 2.58. The molecule has 3 heterocycles. The van der Waals surface area contributed by atoms with Crippen LogP contribution < -0.4 is 9.64 Å². The van der Waals surface area contributed by atoms with Crippen molar-refractivity contribution in [1.29, 1.82) is 0 Å². The Morgan fingerprint density at radius 2 is 1.67 bits per heavy atom. The molecule has 0 spiro atoms. The van der Waals surface area contributed by atoms with E-state index >= 15 is 0 Å². The number of ether oxygens (including phenoxy) is 2. The minimum atomic E-state index is -1.69. The predicted octanol–water partition coefficient (Wildman–Crippen LogP) is 3.44. The van der Waals surface area contributed by atoms with Crippen LogP contribution in [0.3, 0.4) is 0 Å². The van der Waals surface area contributed by atoms with Crippen LogP contribution in [-0.2, 0) is 20.9 Å². The lowest BCUT2D eigenvalue weighted by atomic mass is 9.64. The summed E-state index contributed by atoms with van der Waals surface area (Å²) < 4.78 is 17.9. The van der Waals surface area contributed by atoms with E-state index in [1.807, 2.05) is 36.4 Å². The molecule has 186 valence electrons. The van der Waals surface area contributed by atoms with Crippen molar-refractivity contribution in [2.75, 3.05) is 11.5 Å². The van der Waals surface area contributed by atoms with Gasteiger partial charge < -0.3 is 24.1 Å². The fraction of sp³-hybridized carbons (Fsp3) is 0.357. The molecular formula is C28H27NO7. The van der Waals surface area contributed by atoms with Crippen molar-refractivity contribution < 1.29 is 33.7 Å². The van der Waals surface area contributed by atoms with Crippen LogP contribution in [0, 0.1) is 23.7 Å². The summed E-state index contributed by atoms with van der Waals surface area (Å²) in [6.07, 6.45) is -0.0583. The fourth-order valence-corrected chi connectivity index (χ4v) is 6.05. The van der Waals surface area contributed by atoms with E-state index in [-0.39, 0.29) is 31.4 Å². The second-order valence-electron chi connectivity index (χ2n) is 9.70. The van der Waals surface area contributed by atoms with Crippen molar-refractivity contribution in [3.63, 3.8) is 0 Å². The molecule has 1 aliphatic carbocycles. The lowest BCUT2D eigenvalue weighted by Gasteiger charge is -2.44. The molecule has 2 aliphatic heterocycles. The van der Waals surface area contributed by atoms with Gasteiger partial charge in [0.2, 0.25) is 11.8 Å². The Morgan fingerprint density at radius 3 is 2.36 bits per heavy atom. The normalized spacial score (nSPS) is 31.4. The third-order valence-electron chi connectivity index (χ3n) is 7.73. The topological polar surface area (TPSA) is 109 Å². The molecule has 8 nitrogen and oxygen atoms in total. The molecule has 0 bridgehead atoms. The van der Waals surface area contributed by atoms with E-state index < -0.39 is 35.6 Å². The number of imide groups is 1. The van der Waals surface area contributed by atoms with Gasteiger partial charge in [-0.15, -0.1) is 0 Å². The number of carbonyl (C=O) groups excluding carboxylic acids is 2. The zero-order chi connectivity index (χ0) is 24.9. The first kappa shape index (κ1) is 23.0. The van der Waals surface area contributed by atoms with Crippen LogP contribution in [-0.4, -0.2) is 34.4 Å². The van der Waals surface area contributed by atoms with Crippen LogP contribution in [0.25, 0.3) is 0 Å². The minimum absolute atomic E-state index is 0.125. The average molecular weight is 490 g/mol. The fourth-order valence-electron chi connectivity index (χ4n) is 6.05. The molecule has 3 aliphatic rings. The standard InChI is InChI=1S/C28H27NO7/c30-15-20-11-12-23(35-20)24-14-22-25-21(26(31)29(27(25)32)18-7-3-1-4-8-18)13-17(28(22,33)36-24)16-34-19-9-5-2-6-10-19/h1-12,17,21-22,24-25,30,33H,13-16H2/t17-,21+,22+,24+,25+,28-/m1/s1. The van der Waals surface area contributed by atoms with Gasteiger partial charge in [0.15, 0.2) is 5.79 Å². The first-order valence-corrected chi connectivity index (χ1v) is 12.2. The molecule has 36 heavy (non-hydrogen) atoms. The summed E-state index contributed by atoms with van der Waals surface area (Å²) in [6.45, 7) is -0.127. The van der Waals surface area contributed by atoms with Crippen molar-refractivity contribution in [2.24, 2.45) is 23.7 Å². The number of furan rings is 1. The number of hydrogen-bond donors (Lipinski definition) is 2. The number of para-hydroxylation sites is 2. The summed E-state index contributed by atoms with van der Waals surface area (Å²) in [4.78, 5) is 28.5. The molecular weight excluding hydrogens is 462 g/mol. The highest BCUT2D eigenvalue weighted by Gasteiger charge is 2.67. The van der Waals surface area contributed by atoms with Gasteiger partial charge in [0.1, 0.15) is 30.0 Å². The lowest BCUT2D eigenvalue weighted by Crippen LogP contribution is -2.55. The van der Waals surface area contributed by atoms with Crippen LogP contribution >= 0.6 is 0 Å².